The Labute approximate surface area is 109 Å². The molecule has 18 heavy (non-hydrogen) atoms. The molecule has 0 spiro atoms. The highest BCUT2D eigenvalue weighted by Gasteiger charge is 2.12. The zero-order chi connectivity index (χ0) is 13.7. The minimum atomic E-state index is -0.393. The van der Waals surface area contributed by atoms with E-state index in [1.165, 1.54) is 11.1 Å². The maximum atomic E-state index is 11.0. The van der Waals surface area contributed by atoms with Crippen molar-refractivity contribution in [1.29, 1.82) is 0 Å². The second-order valence-corrected chi connectivity index (χ2v) is 4.65. The van der Waals surface area contributed by atoms with Gasteiger partial charge in [-0.2, -0.15) is 0 Å². The van der Waals surface area contributed by atoms with Gasteiger partial charge in [-0.15, -0.1) is 0 Å². The van der Waals surface area contributed by atoms with Crippen LogP contribution in [0.5, 0.6) is 0 Å². The minimum absolute atomic E-state index is 0.128. The molecular weight excluding hydrogens is 228 g/mol. The molecular formula is C14H22N2O2. The van der Waals surface area contributed by atoms with E-state index in [9.17, 15) is 4.79 Å². The number of ether oxygens (including phenoxy) is 1. The maximum absolute atomic E-state index is 11.0. The lowest BCUT2D eigenvalue weighted by Crippen LogP contribution is -2.35. The predicted molar refractivity (Wildman–Crippen MR) is 74.2 cm³/mol. The van der Waals surface area contributed by atoms with Crippen LogP contribution in [0.1, 0.15) is 18.1 Å². The molecule has 0 aliphatic heterocycles. The number of anilines is 1. The fourth-order valence-corrected chi connectivity index (χ4v) is 1.79. The molecule has 1 amide bonds. The fourth-order valence-electron chi connectivity index (χ4n) is 1.79. The van der Waals surface area contributed by atoms with Gasteiger partial charge in [-0.25, -0.2) is 4.79 Å². The van der Waals surface area contributed by atoms with E-state index in [0.29, 0.717) is 6.61 Å². The summed E-state index contributed by atoms with van der Waals surface area (Å²) < 4.78 is 5.06. The Balaban J connectivity index is 2.67. The number of likely N-dealkylation sites (N-methyl/N-ethyl adjacent to an activating group) is 1. The second-order valence-electron chi connectivity index (χ2n) is 4.65. The molecule has 100 valence electrons. The number of amides is 1. The fraction of sp³-hybridized carbons (Fsp3) is 0.500. The van der Waals surface area contributed by atoms with E-state index >= 15 is 0 Å². The summed E-state index contributed by atoms with van der Waals surface area (Å²) in [6.45, 7) is 6.55. The maximum Gasteiger partial charge on any atom is 0.406 e. The molecule has 1 N–H and O–H groups in total. The van der Waals surface area contributed by atoms with Crippen LogP contribution < -0.4 is 10.2 Å². The van der Waals surface area contributed by atoms with Crippen LogP contribution in [0.15, 0.2) is 18.2 Å². The lowest BCUT2D eigenvalue weighted by molar-refractivity contribution is 0.142. The van der Waals surface area contributed by atoms with E-state index in [2.05, 4.69) is 42.3 Å². The van der Waals surface area contributed by atoms with Crippen molar-refractivity contribution in [3.8, 4) is 0 Å². The van der Waals surface area contributed by atoms with Crippen molar-refractivity contribution in [2.24, 2.45) is 0 Å². The van der Waals surface area contributed by atoms with Gasteiger partial charge in [-0.1, -0.05) is 6.07 Å². The van der Waals surface area contributed by atoms with Crippen LogP contribution in [0.4, 0.5) is 10.5 Å². The van der Waals surface area contributed by atoms with Gasteiger partial charge in [-0.05, 0) is 44.0 Å². The Kier molecular flexibility index (Phi) is 5.01. The molecule has 4 nitrogen and oxygen atoms in total. The molecule has 0 aliphatic carbocycles. The molecule has 0 bridgehead atoms. The Hall–Kier alpha value is -1.71. The number of hydrogen-bond donors (Lipinski definition) is 1. The number of benzene rings is 1. The average molecular weight is 250 g/mol. The van der Waals surface area contributed by atoms with Gasteiger partial charge in [0.25, 0.3) is 0 Å². The number of rotatable bonds is 4. The zero-order valence-corrected chi connectivity index (χ0v) is 11.8. The summed E-state index contributed by atoms with van der Waals surface area (Å²) in [5.41, 5.74) is 3.60. The summed E-state index contributed by atoms with van der Waals surface area (Å²) in [6, 6.07) is 6.53. The largest absolute Gasteiger partial charge is 0.447 e. The summed E-state index contributed by atoms with van der Waals surface area (Å²) in [6.07, 6.45) is -0.393. The van der Waals surface area contributed by atoms with E-state index in [0.717, 1.165) is 5.69 Å². The smallest absolute Gasteiger partial charge is 0.406 e. The summed E-state index contributed by atoms with van der Waals surface area (Å²) in [5.74, 6) is 0. The van der Waals surface area contributed by atoms with Gasteiger partial charge in [0.2, 0.25) is 0 Å². The number of nitrogens with one attached hydrogen (secondary N) is 1. The summed E-state index contributed by atoms with van der Waals surface area (Å²) in [4.78, 5) is 13.1. The van der Waals surface area contributed by atoms with Crippen molar-refractivity contribution in [2.45, 2.75) is 26.8 Å². The van der Waals surface area contributed by atoms with Crippen LogP contribution in [0, 0.1) is 13.8 Å². The Morgan fingerprint density at radius 3 is 2.39 bits per heavy atom. The van der Waals surface area contributed by atoms with Crippen molar-refractivity contribution in [1.82, 2.24) is 5.32 Å². The van der Waals surface area contributed by atoms with Crippen LogP contribution in [0.3, 0.4) is 0 Å². The number of carbonyl (C=O) groups is 1. The van der Waals surface area contributed by atoms with Crippen molar-refractivity contribution in [2.75, 3.05) is 25.6 Å². The number of alkyl carbamates (subject to hydrolysis) is 1. The van der Waals surface area contributed by atoms with E-state index in [-0.39, 0.29) is 6.04 Å². The molecule has 1 aromatic rings. The molecule has 1 aromatic carbocycles. The third-order valence-electron chi connectivity index (χ3n) is 2.93. The van der Waals surface area contributed by atoms with Crippen molar-refractivity contribution in [3.05, 3.63) is 29.3 Å². The standard InChI is InChI=1S/C14H22N2O2/c1-10-6-11(2)8-13(7-10)16(5)12(3)9-18-14(17)15-4/h6-8,12H,9H2,1-5H3,(H,15,17). The lowest BCUT2D eigenvalue weighted by atomic mass is 10.1. The Morgan fingerprint density at radius 2 is 1.89 bits per heavy atom. The van der Waals surface area contributed by atoms with Crippen molar-refractivity contribution in [3.63, 3.8) is 0 Å². The highest BCUT2D eigenvalue weighted by molar-refractivity contribution is 5.66. The van der Waals surface area contributed by atoms with Crippen molar-refractivity contribution < 1.29 is 9.53 Å². The quantitative estimate of drug-likeness (QED) is 0.892. The molecule has 1 rings (SSSR count). The van der Waals surface area contributed by atoms with E-state index in [4.69, 9.17) is 4.74 Å². The van der Waals surface area contributed by atoms with Gasteiger partial charge < -0.3 is 15.0 Å². The Bertz CT molecular complexity index is 398. The molecule has 0 aliphatic rings. The molecule has 1 atom stereocenters. The average Bonchev–Trinajstić information content (AvgIpc) is 2.33. The van der Waals surface area contributed by atoms with E-state index < -0.39 is 6.09 Å². The van der Waals surface area contributed by atoms with Crippen LogP contribution in [-0.4, -0.2) is 32.8 Å². The number of nitrogens with zero attached hydrogens (tertiary/aromatic N) is 1. The first-order chi connectivity index (χ1) is 8.43. The monoisotopic (exact) mass is 250 g/mol. The molecule has 0 fully saturated rings. The summed E-state index contributed by atoms with van der Waals surface area (Å²) in [5, 5.41) is 2.44. The van der Waals surface area contributed by atoms with E-state index in [1.807, 2.05) is 14.0 Å². The lowest BCUT2D eigenvalue weighted by Gasteiger charge is -2.27. The molecule has 1 unspecified atom stereocenters. The third kappa shape index (κ3) is 3.95. The van der Waals surface area contributed by atoms with Gasteiger partial charge in [0.1, 0.15) is 6.61 Å². The van der Waals surface area contributed by atoms with Crippen LogP contribution in [0.25, 0.3) is 0 Å². The molecule has 0 aromatic heterocycles. The van der Waals surface area contributed by atoms with E-state index in [1.54, 1.807) is 7.05 Å². The molecule has 0 radical (unpaired) electrons. The summed E-state index contributed by atoms with van der Waals surface area (Å²) in [7, 11) is 3.56. The highest BCUT2D eigenvalue weighted by Crippen LogP contribution is 2.19. The molecule has 4 heteroatoms. The predicted octanol–water partition coefficient (Wildman–Crippen LogP) is 2.48. The van der Waals surface area contributed by atoms with Crippen LogP contribution in [0.2, 0.25) is 0 Å². The van der Waals surface area contributed by atoms with Gasteiger partial charge in [0, 0.05) is 19.8 Å². The van der Waals surface area contributed by atoms with Crippen LogP contribution in [-0.2, 0) is 4.74 Å². The minimum Gasteiger partial charge on any atom is -0.447 e. The normalized spacial score (nSPS) is 11.8. The first-order valence-electron chi connectivity index (χ1n) is 6.09. The molecule has 0 heterocycles. The van der Waals surface area contributed by atoms with Crippen molar-refractivity contribution >= 4 is 11.8 Å². The van der Waals surface area contributed by atoms with Gasteiger partial charge in [-0.3, -0.25) is 0 Å². The molecule has 0 saturated heterocycles. The second kappa shape index (κ2) is 6.28. The third-order valence-corrected chi connectivity index (χ3v) is 2.93. The van der Waals surface area contributed by atoms with Gasteiger partial charge >= 0.3 is 6.09 Å². The number of carbonyl (C=O) groups excluding carboxylic acids is 1. The first-order valence-corrected chi connectivity index (χ1v) is 6.09. The van der Waals surface area contributed by atoms with Gasteiger partial charge in [0.05, 0.1) is 6.04 Å². The SMILES string of the molecule is CNC(=O)OCC(C)N(C)c1cc(C)cc(C)c1. The Morgan fingerprint density at radius 1 is 1.33 bits per heavy atom. The van der Waals surface area contributed by atoms with Gasteiger partial charge in [0.15, 0.2) is 0 Å². The van der Waals surface area contributed by atoms with Crippen LogP contribution >= 0.6 is 0 Å². The number of aryl methyl sites for hydroxylation is 2. The molecule has 0 saturated carbocycles. The number of hydrogen-bond acceptors (Lipinski definition) is 3. The first kappa shape index (κ1) is 14.4. The summed E-state index contributed by atoms with van der Waals surface area (Å²) >= 11 is 0. The topological polar surface area (TPSA) is 41.6 Å². The highest BCUT2D eigenvalue weighted by atomic mass is 16.5. The zero-order valence-electron chi connectivity index (χ0n) is 11.8.